The van der Waals surface area contributed by atoms with E-state index in [4.69, 9.17) is 16.3 Å². The molecule has 1 N–H and O–H groups in total. The van der Waals surface area contributed by atoms with E-state index in [1.54, 1.807) is 0 Å². The van der Waals surface area contributed by atoms with Crippen LogP contribution in [0.15, 0.2) is 18.2 Å². The summed E-state index contributed by atoms with van der Waals surface area (Å²) >= 11 is 6.11. The number of amides is 1. The van der Waals surface area contributed by atoms with Crippen LogP contribution in [0, 0.1) is 10.1 Å². The fourth-order valence-electron chi connectivity index (χ4n) is 2.30. The van der Waals surface area contributed by atoms with Crippen molar-refractivity contribution < 1.29 is 14.5 Å². The van der Waals surface area contributed by atoms with Gasteiger partial charge >= 0.3 is 0 Å². The number of carbonyl (C=O) groups is 1. The Labute approximate surface area is 121 Å². The van der Waals surface area contributed by atoms with Gasteiger partial charge in [0, 0.05) is 12.1 Å². The Bertz CT molecular complexity index is 535. The molecule has 108 valence electrons. The SMILES string of the molecule is COc1cc([N+](=O)[O-])ccc1C(=O)NC1CCCC1Cl. The van der Waals surface area contributed by atoms with Gasteiger partial charge in [0.2, 0.25) is 0 Å². The summed E-state index contributed by atoms with van der Waals surface area (Å²) < 4.78 is 5.05. The number of hydrogen-bond acceptors (Lipinski definition) is 4. The molecule has 2 unspecified atom stereocenters. The minimum Gasteiger partial charge on any atom is -0.496 e. The van der Waals surface area contributed by atoms with Crippen LogP contribution in [0.5, 0.6) is 5.75 Å². The highest BCUT2D eigenvalue weighted by Gasteiger charge is 2.28. The van der Waals surface area contributed by atoms with E-state index in [0.717, 1.165) is 19.3 Å². The van der Waals surface area contributed by atoms with Gasteiger partial charge in [-0.1, -0.05) is 0 Å². The van der Waals surface area contributed by atoms with Crippen LogP contribution in [-0.4, -0.2) is 29.4 Å². The predicted octanol–water partition coefficient (Wildman–Crippen LogP) is 2.49. The number of nitrogens with zero attached hydrogens (tertiary/aromatic N) is 1. The van der Waals surface area contributed by atoms with Crippen molar-refractivity contribution in [2.24, 2.45) is 0 Å². The molecule has 1 aromatic rings. The number of halogens is 1. The number of benzene rings is 1. The first kappa shape index (κ1) is 14.6. The Morgan fingerprint density at radius 2 is 2.25 bits per heavy atom. The van der Waals surface area contributed by atoms with Crippen molar-refractivity contribution in [3.8, 4) is 5.75 Å². The van der Waals surface area contributed by atoms with Crippen LogP contribution in [-0.2, 0) is 0 Å². The van der Waals surface area contributed by atoms with Crippen LogP contribution >= 0.6 is 11.6 Å². The molecular weight excluding hydrogens is 284 g/mol. The number of nitrogens with one attached hydrogen (secondary N) is 1. The molecule has 1 fully saturated rings. The van der Waals surface area contributed by atoms with Crippen molar-refractivity contribution in [1.82, 2.24) is 5.32 Å². The van der Waals surface area contributed by atoms with Crippen LogP contribution in [0.1, 0.15) is 29.6 Å². The van der Waals surface area contributed by atoms with Gasteiger partial charge in [-0.15, -0.1) is 11.6 Å². The van der Waals surface area contributed by atoms with E-state index in [2.05, 4.69) is 5.32 Å². The van der Waals surface area contributed by atoms with E-state index in [9.17, 15) is 14.9 Å². The van der Waals surface area contributed by atoms with E-state index in [1.165, 1.54) is 25.3 Å². The predicted molar refractivity (Wildman–Crippen MR) is 74.4 cm³/mol. The number of carbonyl (C=O) groups excluding carboxylic acids is 1. The molecule has 0 spiro atoms. The molecule has 2 rings (SSSR count). The third-order valence-electron chi connectivity index (χ3n) is 3.39. The lowest BCUT2D eigenvalue weighted by Gasteiger charge is -2.16. The number of rotatable bonds is 4. The van der Waals surface area contributed by atoms with Gasteiger partial charge in [0.05, 0.1) is 29.0 Å². The highest BCUT2D eigenvalue weighted by molar-refractivity contribution is 6.21. The minimum atomic E-state index is -0.532. The fourth-order valence-corrected chi connectivity index (χ4v) is 2.65. The van der Waals surface area contributed by atoms with E-state index in [-0.39, 0.29) is 34.3 Å². The van der Waals surface area contributed by atoms with Crippen LogP contribution in [0.4, 0.5) is 5.69 Å². The second-order valence-electron chi connectivity index (χ2n) is 4.67. The number of methoxy groups -OCH3 is 1. The number of nitro groups is 1. The molecule has 1 aromatic carbocycles. The molecule has 0 aromatic heterocycles. The Kier molecular flexibility index (Phi) is 4.44. The van der Waals surface area contributed by atoms with E-state index >= 15 is 0 Å². The van der Waals surface area contributed by atoms with Gasteiger partial charge < -0.3 is 10.1 Å². The monoisotopic (exact) mass is 298 g/mol. The maximum atomic E-state index is 12.2. The number of hydrogen-bond donors (Lipinski definition) is 1. The van der Waals surface area contributed by atoms with Gasteiger partial charge in [-0.3, -0.25) is 14.9 Å². The topological polar surface area (TPSA) is 81.5 Å². The summed E-state index contributed by atoms with van der Waals surface area (Å²) in [5.41, 5.74) is 0.156. The second kappa shape index (κ2) is 6.09. The summed E-state index contributed by atoms with van der Waals surface area (Å²) in [5, 5.41) is 13.5. The molecule has 0 saturated heterocycles. The summed E-state index contributed by atoms with van der Waals surface area (Å²) in [5.74, 6) is -0.143. The van der Waals surface area contributed by atoms with Crippen molar-refractivity contribution in [3.63, 3.8) is 0 Å². The zero-order valence-corrected chi connectivity index (χ0v) is 11.7. The Balaban J connectivity index is 2.18. The number of non-ortho nitro benzene ring substituents is 1. The molecule has 2 atom stereocenters. The van der Waals surface area contributed by atoms with Crippen molar-refractivity contribution >= 4 is 23.2 Å². The first-order valence-corrected chi connectivity index (χ1v) is 6.74. The van der Waals surface area contributed by atoms with Gasteiger partial charge in [-0.05, 0) is 25.3 Å². The molecule has 6 nitrogen and oxygen atoms in total. The normalized spacial score (nSPS) is 21.5. The van der Waals surface area contributed by atoms with Gasteiger partial charge in [0.1, 0.15) is 5.75 Å². The van der Waals surface area contributed by atoms with Crippen molar-refractivity contribution in [2.45, 2.75) is 30.7 Å². The highest BCUT2D eigenvalue weighted by Crippen LogP contribution is 2.27. The number of nitro benzene ring substituents is 1. The Morgan fingerprint density at radius 1 is 1.50 bits per heavy atom. The number of ether oxygens (including phenoxy) is 1. The highest BCUT2D eigenvalue weighted by atomic mass is 35.5. The molecule has 1 amide bonds. The molecular formula is C13H15ClN2O4. The molecule has 0 bridgehead atoms. The van der Waals surface area contributed by atoms with Crippen LogP contribution in [0.3, 0.4) is 0 Å². The van der Waals surface area contributed by atoms with Gasteiger partial charge in [0.25, 0.3) is 11.6 Å². The van der Waals surface area contributed by atoms with Gasteiger partial charge in [-0.25, -0.2) is 0 Å². The van der Waals surface area contributed by atoms with E-state index < -0.39 is 4.92 Å². The smallest absolute Gasteiger partial charge is 0.273 e. The first-order chi connectivity index (χ1) is 9.52. The third-order valence-corrected chi connectivity index (χ3v) is 3.91. The lowest BCUT2D eigenvalue weighted by Crippen LogP contribution is -2.38. The molecule has 20 heavy (non-hydrogen) atoms. The standard InChI is InChI=1S/C13H15ClN2O4/c1-20-12-7-8(16(18)19)5-6-9(12)13(17)15-11-4-2-3-10(11)14/h5-7,10-11H,2-4H2,1H3,(H,15,17). The van der Waals surface area contributed by atoms with Crippen molar-refractivity contribution in [2.75, 3.05) is 7.11 Å². The van der Waals surface area contributed by atoms with Gasteiger partial charge in [-0.2, -0.15) is 0 Å². The summed E-state index contributed by atoms with van der Waals surface area (Å²) in [6, 6.07) is 3.85. The fraction of sp³-hybridized carbons (Fsp3) is 0.462. The maximum absolute atomic E-state index is 12.2. The van der Waals surface area contributed by atoms with Crippen molar-refractivity contribution in [1.29, 1.82) is 0 Å². The quantitative estimate of drug-likeness (QED) is 0.526. The van der Waals surface area contributed by atoms with E-state index in [0.29, 0.717) is 0 Å². The lowest BCUT2D eigenvalue weighted by atomic mass is 10.1. The molecule has 0 aliphatic heterocycles. The molecule has 0 radical (unpaired) electrons. The lowest BCUT2D eigenvalue weighted by molar-refractivity contribution is -0.384. The van der Waals surface area contributed by atoms with Crippen LogP contribution < -0.4 is 10.1 Å². The summed E-state index contributed by atoms with van der Waals surface area (Å²) in [7, 11) is 1.37. The molecule has 1 aliphatic rings. The molecule has 7 heteroatoms. The second-order valence-corrected chi connectivity index (χ2v) is 5.23. The Hall–Kier alpha value is -1.82. The maximum Gasteiger partial charge on any atom is 0.273 e. The largest absolute Gasteiger partial charge is 0.496 e. The summed E-state index contributed by atoms with van der Waals surface area (Å²) in [4.78, 5) is 22.4. The third kappa shape index (κ3) is 3.01. The molecule has 0 heterocycles. The average molecular weight is 299 g/mol. The average Bonchev–Trinajstić information content (AvgIpc) is 2.83. The van der Waals surface area contributed by atoms with Gasteiger partial charge in [0.15, 0.2) is 0 Å². The summed E-state index contributed by atoms with van der Waals surface area (Å²) in [6.45, 7) is 0. The summed E-state index contributed by atoms with van der Waals surface area (Å²) in [6.07, 6.45) is 2.70. The van der Waals surface area contributed by atoms with Crippen LogP contribution in [0.25, 0.3) is 0 Å². The zero-order valence-electron chi connectivity index (χ0n) is 11.0. The zero-order chi connectivity index (χ0) is 14.7. The minimum absolute atomic E-state index is 0.0657. The van der Waals surface area contributed by atoms with E-state index in [1.807, 2.05) is 0 Å². The van der Waals surface area contributed by atoms with Crippen molar-refractivity contribution in [3.05, 3.63) is 33.9 Å². The first-order valence-electron chi connectivity index (χ1n) is 6.30. The van der Waals surface area contributed by atoms with Crippen LogP contribution in [0.2, 0.25) is 0 Å². The Morgan fingerprint density at radius 3 is 2.80 bits per heavy atom. The number of alkyl halides is 1. The molecule has 1 saturated carbocycles. The molecule has 1 aliphatic carbocycles.